The van der Waals surface area contributed by atoms with Crippen LogP contribution in [-0.4, -0.2) is 71.3 Å². The highest BCUT2D eigenvalue weighted by atomic mass is 127. The van der Waals surface area contributed by atoms with Crippen molar-refractivity contribution in [2.24, 2.45) is 4.99 Å². The first-order chi connectivity index (χ1) is 13.7. The third-order valence-corrected chi connectivity index (χ3v) is 6.07. The fourth-order valence-corrected chi connectivity index (χ4v) is 3.67. The van der Waals surface area contributed by atoms with Crippen LogP contribution >= 0.6 is 24.0 Å². The zero-order valence-electron chi connectivity index (χ0n) is 17.1. The monoisotopic (exact) mass is 563 g/mol. The van der Waals surface area contributed by atoms with Crippen molar-refractivity contribution in [3.63, 3.8) is 0 Å². The fourth-order valence-electron chi connectivity index (χ4n) is 3.01. The van der Waals surface area contributed by atoms with Crippen molar-refractivity contribution in [2.75, 3.05) is 57.0 Å². The number of nitrogens with zero attached hydrogens (tertiary/aromatic N) is 3. The lowest BCUT2D eigenvalue weighted by molar-refractivity contribution is -0.137. The van der Waals surface area contributed by atoms with Gasteiger partial charge in [-0.1, -0.05) is 6.07 Å². The minimum Gasteiger partial charge on any atom is -0.368 e. The lowest BCUT2D eigenvalue weighted by Crippen LogP contribution is -2.52. The summed E-state index contributed by atoms with van der Waals surface area (Å²) in [6, 6.07) is 5.37. The molecule has 0 radical (unpaired) electrons. The molecule has 1 fully saturated rings. The van der Waals surface area contributed by atoms with Crippen molar-refractivity contribution >= 4 is 45.6 Å². The molecule has 0 amide bonds. The van der Waals surface area contributed by atoms with E-state index in [2.05, 4.69) is 15.0 Å². The molecule has 0 unspecified atom stereocenters. The van der Waals surface area contributed by atoms with Gasteiger partial charge in [0.15, 0.2) is 5.96 Å². The molecule has 1 aromatic carbocycles. The van der Waals surface area contributed by atoms with E-state index in [0.717, 1.165) is 6.07 Å². The van der Waals surface area contributed by atoms with Crippen LogP contribution < -0.4 is 14.9 Å². The van der Waals surface area contributed by atoms with Crippen molar-refractivity contribution in [3.05, 3.63) is 29.8 Å². The smallest absolute Gasteiger partial charge is 0.368 e. The molecular formula is C18H29F3IN5O2S. The summed E-state index contributed by atoms with van der Waals surface area (Å²) in [6.07, 6.45) is -3.74. The number of nitrogens with one attached hydrogen (secondary N) is 2. The van der Waals surface area contributed by atoms with E-state index < -0.39 is 21.8 Å². The molecule has 2 N–H and O–H groups in total. The van der Waals surface area contributed by atoms with Gasteiger partial charge in [-0.05, 0) is 31.5 Å². The molecule has 0 aromatic heterocycles. The van der Waals surface area contributed by atoms with E-state index >= 15 is 0 Å². The molecule has 0 spiro atoms. The van der Waals surface area contributed by atoms with E-state index in [4.69, 9.17) is 0 Å². The Morgan fingerprint density at radius 1 is 1.17 bits per heavy atom. The van der Waals surface area contributed by atoms with Crippen molar-refractivity contribution in [2.45, 2.75) is 19.5 Å². The van der Waals surface area contributed by atoms with E-state index in [1.165, 1.54) is 12.1 Å². The number of halogens is 4. The number of guanidine groups is 1. The van der Waals surface area contributed by atoms with Crippen LogP contribution in [0.5, 0.6) is 0 Å². The number of anilines is 1. The second-order valence-electron chi connectivity index (χ2n) is 6.65. The zero-order chi connectivity index (χ0) is 21.5. The van der Waals surface area contributed by atoms with Gasteiger partial charge in [-0.3, -0.25) is 4.99 Å². The van der Waals surface area contributed by atoms with E-state index in [1.807, 2.05) is 9.80 Å². The highest BCUT2D eigenvalue weighted by Gasteiger charge is 2.31. The summed E-state index contributed by atoms with van der Waals surface area (Å²) < 4.78 is 64.1. The predicted molar refractivity (Wildman–Crippen MR) is 124 cm³/mol. The predicted octanol–water partition coefficient (Wildman–Crippen LogP) is 2.35. The van der Waals surface area contributed by atoms with Gasteiger partial charge in [0.25, 0.3) is 0 Å². The lowest BCUT2D eigenvalue weighted by atomic mass is 10.1. The molecule has 0 atom stereocenters. The Morgan fingerprint density at radius 2 is 1.83 bits per heavy atom. The van der Waals surface area contributed by atoms with Crippen molar-refractivity contribution in [3.8, 4) is 0 Å². The Balaban J connectivity index is 0.00000450. The molecular weight excluding hydrogens is 534 g/mol. The first-order valence-electron chi connectivity index (χ1n) is 9.51. The van der Waals surface area contributed by atoms with Crippen LogP contribution in [0, 0.1) is 0 Å². The number of benzene rings is 1. The fraction of sp³-hybridized carbons (Fsp3) is 0.611. The number of sulfonamides is 1. The summed E-state index contributed by atoms with van der Waals surface area (Å²) in [5, 5.41) is 3.20. The molecule has 12 heteroatoms. The quantitative estimate of drug-likeness (QED) is 0.231. The van der Waals surface area contributed by atoms with Crippen LogP contribution in [0.1, 0.15) is 18.9 Å². The third-order valence-electron chi connectivity index (χ3n) is 4.67. The summed E-state index contributed by atoms with van der Waals surface area (Å²) in [5.41, 5.74) is -0.0840. The summed E-state index contributed by atoms with van der Waals surface area (Å²) >= 11 is 0. The molecule has 7 nitrogen and oxygen atoms in total. The molecule has 1 heterocycles. The van der Waals surface area contributed by atoms with Crippen LogP contribution in [0.25, 0.3) is 0 Å². The molecule has 172 valence electrons. The number of hydrogen-bond donors (Lipinski definition) is 2. The molecule has 2 rings (SSSR count). The Hall–Kier alpha value is -1.28. The van der Waals surface area contributed by atoms with Gasteiger partial charge >= 0.3 is 6.18 Å². The van der Waals surface area contributed by atoms with Gasteiger partial charge in [0.2, 0.25) is 10.0 Å². The molecule has 30 heavy (non-hydrogen) atoms. The second-order valence-corrected chi connectivity index (χ2v) is 8.74. The maximum atomic E-state index is 12.9. The highest BCUT2D eigenvalue weighted by molar-refractivity contribution is 14.0. The van der Waals surface area contributed by atoms with E-state index in [-0.39, 0.29) is 29.7 Å². The average Bonchev–Trinajstić information content (AvgIpc) is 2.70. The van der Waals surface area contributed by atoms with Gasteiger partial charge in [-0.2, -0.15) is 13.2 Å². The summed E-state index contributed by atoms with van der Waals surface area (Å²) in [5.74, 6) is 0.755. The molecule has 1 aliphatic heterocycles. The standard InChI is InChI=1S/C18H28F3N5O2S.HI/c1-3-29(27,28)24-9-5-8-23-17(22-2)26-12-10-25(11-13-26)16-7-4-6-15(14-16)18(19,20)21;/h4,6-7,14,24H,3,5,8-13H2,1-2H3,(H,22,23);1H. The topological polar surface area (TPSA) is 77.0 Å². The normalized spacial score (nSPS) is 15.7. The maximum absolute atomic E-state index is 12.9. The maximum Gasteiger partial charge on any atom is 0.416 e. The average molecular weight is 563 g/mol. The van der Waals surface area contributed by atoms with Crippen LogP contribution in [0.2, 0.25) is 0 Å². The van der Waals surface area contributed by atoms with Gasteiger partial charge in [-0.15, -0.1) is 24.0 Å². The molecule has 1 aliphatic rings. The van der Waals surface area contributed by atoms with Crippen LogP contribution in [-0.2, 0) is 16.2 Å². The van der Waals surface area contributed by atoms with Crippen molar-refractivity contribution < 1.29 is 21.6 Å². The van der Waals surface area contributed by atoms with Gasteiger partial charge in [0.05, 0.1) is 11.3 Å². The summed E-state index contributed by atoms with van der Waals surface area (Å²) in [7, 11) is -1.52. The number of piperazine rings is 1. The molecule has 1 aromatic rings. The molecule has 0 saturated carbocycles. The SMILES string of the molecule is CCS(=O)(=O)NCCCNC(=NC)N1CCN(c2cccc(C(F)(F)F)c2)CC1.I. The minimum absolute atomic E-state index is 0. The third kappa shape index (κ3) is 8.10. The second kappa shape index (κ2) is 11.9. The number of aliphatic imine (C=N–C) groups is 1. The number of alkyl halides is 3. The summed E-state index contributed by atoms with van der Waals surface area (Å²) in [6.45, 7) is 4.91. The lowest BCUT2D eigenvalue weighted by Gasteiger charge is -2.37. The highest BCUT2D eigenvalue weighted by Crippen LogP contribution is 2.31. The van der Waals surface area contributed by atoms with E-state index in [0.29, 0.717) is 57.3 Å². The van der Waals surface area contributed by atoms with Gasteiger partial charge < -0.3 is 15.1 Å². The van der Waals surface area contributed by atoms with Crippen LogP contribution in [0.3, 0.4) is 0 Å². The molecule has 0 aliphatic carbocycles. The Bertz CT molecular complexity index is 797. The molecule has 0 bridgehead atoms. The Labute approximate surface area is 193 Å². The Kier molecular flexibility index (Phi) is 10.6. The van der Waals surface area contributed by atoms with E-state index in [1.54, 1.807) is 20.0 Å². The van der Waals surface area contributed by atoms with Crippen LogP contribution in [0.4, 0.5) is 18.9 Å². The number of rotatable bonds is 7. The van der Waals surface area contributed by atoms with Crippen molar-refractivity contribution in [1.29, 1.82) is 0 Å². The zero-order valence-corrected chi connectivity index (χ0v) is 20.2. The first kappa shape index (κ1) is 26.8. The van der Waals surface area contributed by atoms with Gasteiger partial charge in [-0.25, -0.2) is 13.1 Å². The molecule has 1 saturated heterocycles. The van der Waals surface area contributed by atoms with E-state index in [9.17, 15) is 21.6 Å². The van der Waals surface area contributed by atoms with Gasteiger partial charge in [0.1, 0.15) is 0 Å². The Morgan fingerprint density at radius 3 is 2.40 bits per heavy atom. The van der Waals surface area contributed by atoms with Crippen molar-refractivity contribution in [1.82, 2.24) is 14.9 Å². The van der Waals surface area contributed by atoms with Crippen LogP contribution in [0.15, 0.2) is 29.3 Å². The number of hydrogen-bond acceptors (Lipinski definition) is 4. The summed E-state index contributed by atoms with van der Waals surface area (Å²) in [4.78, 5) is 8.22. The first-order valence-corrected chi connectivity index (χ1v) is 11.2. The minimum atomic E-state index is -4.35. The van der Waals surface area contributed by atoms with Gasteiger partial charge in [0, 0.05) is 52.0 Å². The largest absolute Gasteiger partial charge is 0.416 e.